The van der Waals surface area contributed by atoms with Gasteiger partial charge in [-0.2, -0.15) is 0 Å². The lowest BCUT2D eigenvalue weighted by molar-refractivity contribution is 0.453. The maximum absolute atomic E-state index is 5.53. The standard InChI is InChI=1S/C7H13ClN2/c8-3-1-2-5-10-6-4-9-7-10/h7H,1-6H2. The predicted octanol–water partition coefficient (Wildman–Crippen LogP) is 1.35. The Morgan fingerprint density at radius 1 is 1.50 bits per heavy atom. The zero-order valence-corrected chi connectivity index (χ0v) is 6.85. The molecule has 0 bridgehead atoms. The van der Waals surface area contributed by atoms with Gasteiger partial charge < -0.3 is 4.90 Å². The van der Waals surface area contributed by atoms with E-state index in [4.69, 9.17) is 11.6 Å². The normalized spacial score (nSPS) is 16.7. The van der Waals surface area contributed by atoms with Crippen molar-refractivity contribution in [2.75, 3.05) is 25.5 Å². The Morgan fingerprint density at radius 3 is 3.00 bits per heavy atom. The van der Waals surface area contributed by atoms with Crippen LogP contribution in [-0.4, -0.2) is 36.8 Å². The Morgan fingerprint density at radius 2 is 2.40 bits per heavy atom. The maximum atomic E-state index is 5.53. The van der Waals surface area contributed by atoms with E-state index in [1.807, 2.05) is 6.34 Å². The van der Waals surface area contributed by atoms with Gasteiger partial charge in [0.25, 0.3) is 0 Å². The number of nitrogens with zero attached hydrogens (tertiary/aromatic N) is 2. The van der Waals surface area contributed by atoms with Gasteiger partial charge in [-0.25, -0.2) is 0 Å². The summed E-state index contributed by atoms with van der Waals surface area (Å²) < 4.78 is 0. The van der Waals surface area contributed by atoms with Crippen LogP contribution in [0.1, 0.15) is 12.8 Å². The molecule has 1 rings (SSSR count). The van der Waals surface area contributed by atoms with E-state index in [0.29, 0.717) is 0 Å². The van der Waals surface area contributed by atoms with Crippen LogP contribution in [0.2, 0.25) is 0 Å². The van der Waals surface area contributed by atoms with Gasteiger partial charge in [0.2, 0.25) is 0 Å². The van der Waals surface area contributed by atoms with E-state index in [1.54, 1.807) is 0 Å². The molecule has 0 saturated carbocycles. The lowest BCUT2D eigenvalue weighted by atomic mass is 10.3. The first kappa shape index (κ1) is 7.86. The Bertz CT molecular complexity index is 114. The predicted molar refractivity (Wildman–Crippen MR) is 44.9 cm³/mol. The van der Waals surface area contributed by atoms with E-state index in [0.717, 1.165) is 31.9 Å². The molecule has 0 saturated heterocycles. The molecule has 0 aliphatic carbocycles. The van der Waals surface area contributed by atoms with Crippen molar-refractivity contribution in [3.8, 4) is 0 Å². The lowest BCUT2D eigenvalue weighted by Crippen LogP contribution is -2.20. The van der Waals surface area contributed by atoms with Crippen LogP contribution in [0.4, 0.5) is 0 Å². The molecule has 0 atom stereocenters. The third kappa shape index (κ3) is 2.56. The summed E-state index contributed by atoms with van der Waals surface area (Å²) >= 11 is 5.53. The monoisotopic (exact) mass is 160 g/mol. The minimum Gasteiger partial charge on any atom is -0.361 e. The molecule has 1 aliphatic heterocycles. The van der Waals surface area contributed by atoms with Gasteiger partial charge in [-0.3, -0.25) is 4.99 Å². The van der Waals surface area contributed by atoms with E-state index in [9.17, 15) is 0 Å². The summed E-state index contributed by atoms with van der Waals surface area (Å²) in [5.74, 6) is 0.783. The maximum Gasteiger partial charge on any atom is 0.0851 e. The fourth-order valence-corrected chi connectivity index (χ4v) is 1.19. The summed E-state index contributed by atoms with van der Waals surface area (Å²) in [6, 6.07) is 0. The van der Waals surface area contributed by atoms with Crippen molar-refractivity contribution in [2.24, 2.45) is 4.99 Å². The van der Waals surface area contributed by atoms with Crippen LogP contribution in [0.25, 0.3) is 0 Å². The molecule has 0 aromatic rings. The van der Waals surface area contributed by atoms with Crippen molar-refractivity contribution in [3.63, 3.8) is 0 Å². The number of hydrogen-bond acceptors (Lipinski definition) is 2. The van der Waals surface area contributed by atoms with Crippen molar-refractivity contribution in [1.29, 1.82) is 0 Å². The summed E-state index contributed by atoms with van der Waals surface area (Å²) in [6.45, 7) is 3.19. The number of unbranched alkanes of at least 4 members (excludes halogenated alkanes) is 1. The highest BCUT2D eigenvalue weighted by Gasteiger charge is 2.02. The molecule has 0 spiro atoms. The van der Waals surface area contributed by atoms with Crippen molar-refractivity contribution in [3.05, 3.63) is 0 Å². The molecule has 0 aromatic heterocycles. The smallest absolute Gasteiger partial charge is 0.0851 e. The second-order valence-electron chi connectivity index (χ2n) is 2.45. The second kappa shape index (κ2) is 4.56. The quantitative estimate of drug-likeness (QED) is 0.448. The molecule has 0 fully saturated rings. The van der Waals surface area contributed by atoms with Crippen LogP contribution in [-0.2, 0) is 0 Å². The Balaban J connectivity index is 1.97. The first-order chi connectivity index (χ1) is 4.93. The van der Waals surface area contributed by atoms with Crippen LogP contribution in [0.5, 0.6) is 0 Å². The largest absolute Gasteiger partial charge is 0.361 e. The van der Waals surface area contributed by atoms with E-state index < -0.39 is 0 Å². The molecule has 10 heavy (non-hydrogen) atoms. The topological polar surface area (TPSA) is 15.6 Å². The third-order valence-electron chi connectivity index (χ3n) is 1.59. The number of hydrogen-bond donors (Lipinski definition) is 0. The molecular formula is C7H13ClN2. The summed E-state index contributed by atoms with van der Waals surface area (Å²) in [5.41, 5.74) is 0. The van der Waals surface area contributed by atoms with Gasteiger partial charge in [-0.05, 0) is 12.8 Å². The average molecular weight is 161 g/mol. The molecular weight excluding hydrogens is 148 g/mol. The minimum absolute atomic E-state index is 0.783. The van der Waals surface area contributed by atoms with Crippen LogP contribution in [0.3, 0.4) is 0 Å². The molecule has 0 unspecified atom stereocenters. The molecule has 0 radical (unpaired) electrons. The summed E-state index contributed by atoms with van der Waals surface area (Å²) in [7, 11) is 0. The van der Waals surface area contributed by atoms with Gasteiger partial charge in [0, 0.05) is 19.0 Å². The Labute approximate surface area is 66.9 Å². The van der Waals surface area contributed by atoms with Gasteiger partial charge in [-0.1, -0.05) is 0 Å². The highest BCUT2D eigenvalue weighted by molar-refractivity contribution is 6.17. The van der Waals surface area contributed by atoms with Crippen LogP contribution in [0, 0.1) is 0 Å². The Hall–Kier alpha value is -0.240. The molecule has 0 amide bonds. The summed E-state index contributed by atoms with van der Waals surface area (Å²) in [4.78, 5) is 6.35. The summed E-state index contributed by atoms with van der Waals surface area (Å²) in [5, 5.41) is 0. The van der Waals surface area contributed by atoms with E-state index in [2.05, 4.69) is 9.89 Å². The van der Waals surface area contributed by atoms with Gasteiger partial charge in [-0.15, -0.1) is 11.6 Å². The Kier molecular flexibility index (Phi) is 3.58. The fourth-order valence-electron chi connectivity index (χ4n) is 0.996. The van der Waals surface area contributed by atoms with E-state index >= 15 is 0 Å². The first-order valence-corrected chi connectivity index (χ1v) is 4.27. The van der Waals surface area contributed by atoms with E-state index in [-0.39, 0.29) is 0 Å². The minimum atomic E-state index is 0.783. The number of aliphatic imine (C=N–C) groups is 1. The molecule has 0 aromatic carbocycles. The number of rotatable bonds is 4. The molecule has 0 N–H and O–H groups in total. The highest BCUT2D eigenvalue weighted by Crippen LogP contribution is 1.98. The highest BCUT2D eigenvalue weighted by atomic mass is 35.5. The van der Waals surface area contributed by atoms with Gasteiger partial charge >= 0.3 is 0 Å². The lowest BCUT2D eigenvalue weighted by Gasteiger charge is -2.11. The van der Waals surface area contributed by atoms with Crippen molar-refractivity contribution in [2.45, 2.75) is 12.8 Å². The van der Waals surface area contributed by atoms with Crippen molar-refractivity contribution < 1.29 is 0 Å². The molecule has 1 aliphatic rings. The van der Waals surface area contributed by atoms with Crippen molar-refractivity contribution >= 4 is 17.9 Å². The average Bonchev–Trinajstić information content (AvgIpc) is 2.41. The zero-order chi connectivity index (χ0) is 7.23. The molecule has 1 heterocycles. The van der Waals surface area contributed by atoms with Crippen LogP contribution in [0.15, 0.2) is 4.99 Å². The SMILES string of the molecule is ClCCCCN1C=NCC1. The number of alkyl halides is 1. The van der Waals surface area contributed by atoms with Crippen molar-refractivity contribution in [1.82, 2.24) is 4.90 Å². The molecule has 58 valence electrons. The third-order valence-corrected chi connectivity index (χ3v) is 1.86. The summed E-state index contributed by atoms with van der Waals surface area (Å²) in [6.07, 6.45) is 4.25. The molecule has 3 heteroatoms. The number of halogens is 1. The van der Waals surface area contributed by atoms with E-state index in [1.165, 1.54) is 6.42 Å². The molecule has 2 nitrogen and oxygen atoms in total. The fraction of sp³-hybridized carbons (Fsp3) is 0.857. The van der Waals surface area contributed by atoms with Gasteiger partial charge in [0.15, 0.2) is 0 Å². The van der Waals surface area contributed by atoms with Crippen LogP contribution >= 0.6 is 11.6 Å². The van der Waals surface area contributed by atoms with Gasteiger partial charge in [0.05, 0.1) is 12.9 Å². The van der Waals surface area contributed by atoms with Crippen LogP contribution < -0.4 is 0 Å². The zero-order valence-electron chi connectivity index (χ0n) is 6.09. The first-order valence-electron chi connectivity index (χ1n) is 3.73. The van der Waals surface area contributed by atoms with Gasteiger partial charge in [0.1, 0.15) is 0 Å². The second-order valence-corrected chi connectivity index (χ2v) is 2.83.